The molecule has 6 aromatic heterocycles. The van der Waals surface area contributed by atoms with E-state index in [-0.39, 0.29) is 11.5 Å². The van der Waals surface area contributed by atoms with Crippen molar-refractivity contribution in [2.45, 2.75) is 6.10 Å². The maximum Gasteiger partial charge on any atom is 0.339 e. The Balaban J connectivity index is 0.000000173. The normalized spacial score (nSPS) is 10.4. The number of carbonyl (C=O) groups is 4. The first-order chi connectivity index (χ1) is 22.7. The van der Waals surface area contributed by atoms with Crippen LogP contribution in [0.1, 0.15) is 43.0 Å². The number of esters is 2. The number of carbonyl (C=O) groups excluding carboxylic acids is 3. The highest BCUT2D eigenvalue weighted by molar-refractivity contribution is 5.91. The molecule has 6 aromatic rings. The van der Waals surface area contributed by atoms with Gasteiger partial charge in [0.15, 0.2) is 6.29 Å². The lowest BCUT2D eigenvalue weighted by Gasteiger charge is -2.10. The molecule has 6 rings (SSSR count). The molecule has 0 radical (unpaired) electrons. The van der Waals surface area contributed by atoms with E-state index in [0.717, 1.165) is 17.3 Å². The number of hydrogen-bond acceptors (Lipinski definition) is 9. The highest BCUT2D eigenvalue weighted by Crippen LogP contribution is 2.18. The van der Waals surface area contributed by atoms with Gasteiger partial charge in [-0.05, 0) is 60.7 Å². The molecular formula is C35H32N4O8. The van der Waals surface area contributed by atoms with Crippen LogP contribution in [0, 0.1) is 0 Å². The molecule has 0 aliphatic carbocycles. The van der Waals surface area contributed by atoms with E-state index >= 15 is 0 Å². The van der Waals surface area contributed by atoms with Crippen LogP contribution in [0.2, 0.25) is 0 Å². The van der Waals surface area contributed by atoms with Crippen LogP contribution in [0.5, 0.6) is 0 Å². The minimum Gasteiger partial charge on any atom is -0.478 e. The van der Waals surface area contributed by atoms with Crippen LogP contribution in [0.4, 0.5) is 0 Å². The van der Waals surface area contributed by atoms with E-state index in [1.54, 1.807) is 71.5 Å². The molecule has 6 heterocycles. The zero-order valence-electron chi connectivity index (χ0n) is 25.5. The Morgan fingerprint density at radius 3 is 1.79 bits per heavy atom. The summed E-state index contributed by atoms with van der Waals surface area (Å²) in [7, 11) is 2.61. The lowest BCUT2D eigenvalue weighted by Crippen LogP contribution is -2.12. The Kier molecular flexibility index (Phi) is 13.3. The van der Waals surface area contributed by atoms with Gasteiger partial charge in [-0.2, -0.15) is 0 Å². The number of rotatable bonds is 6. The molecule has 12 nitrogen and oxygen atoms in total. The number of methoxy groups -OCH3 is 2. The topological polar surface area (TPSA) is 162 Å². The molecule has 1 unspecified atom stereocenters. The maximum atomic E-state index is 11.1. The molecule has 47 heavy (non-hydrogen) atoms. The van der Waals surface area contributed by atoms with Crippen molar-refractivity contribution in [3.05, 3.63) is 157 Å². The second-order valence-corrected chi connectivity index (χ2v) is 9.37. The molecule has 0 saturated carbocycles. The first-order valence-corrected chi connectivity index (χ1v) is 13.9. The first kappa shape index (κ1) is 35.1. The number of hydrogen-bond donors (Lipinski definition) is 2. The highest BCUT2D eigenvalue weighted by Gasteiger charge is 2.19. The molecule has 0 aromatic carbocycles. The quantitative estimate of drug-likeness (QED) is 0.143. The Hall–Kier alpha value is -6.40. The summed E-state index contributed by atoms with van der Waals surface area (Å²) in [6.45, 7) is 3.44. The summed E-state index contributed by atoms with van der Waals surface area (Å²) in [5.74, 6) is -1.83. The molecule has 0 spiro atoms. The van der Waals surface area contributed by atoms with Gasteiger partial charge < -0.3 is 28.5 Å². The number of carboxylic acids is 1. The van der Waals surface area contributed by atoms with Crippen molar-refractivity contribution in [2.75, 3.05) is 14.2 Å². The summed E-state index contributed by atoms with van der Waals surface area (Å²) < 4.78 is 12.7. The standard InChI is InChI=1S/C10H11NO3.C10H9NO2.C9H7NO2.C6H5NO/c1-7(10(13)14-2)9(12)8-5-3-4-6-11-8;1-13-10(12)8-6-9-4-2-3-5-11(9)7-8;11-9(12)7-5-8-3-1-2-4-10(8)6-7;8-5-6-3-1-2-4-7-6/h3-6,9,12H,1H2,2H3;2-7H,1H3;1-6H,(H,11,12);1-5H. The van der Waals surface area contributed by atoms with Gasteiger partial charge in [-0.15, -0.1) is 0 Å². The molecule has 1 atom stereocenters. The van der Waals surface area contributed by atoms with E-state index in [9.17, 15) is 24.3 Å². The second-order valence-electron chi connectivity index (χ2n) is 9.37. The third-order valence-corrected chi connectivity index (χ3v) is 6.23. The molecule has 0 bridgehead atoms. The van der Waals surface area contributed by atoms with Crippen molar-refractivity contribution in [3.63, 3.8) is 0 Å². The van der Waals surface area contributed by atoms with Gasteiger partial charge in [0.2, 0.25) is 0 Å². The molecule has 12 heteroatoms. The van der Waals surface area contributed by atoms with E-state index in [0.29, 0.717) is 22.5 Å². The number of aldehydes is 1. The van der Waals surface area contributed by atoms with Crippen LogP contribution >= 0.6 is 0 Å². The van der Waals surface area contributed by atoms with Gasteiger partial charge >= 0.3 is 17.9 Å². The lowest BCUT2D eigenvalue weighted by molar-refractivity contribution is -0.137. The highest BCUT2D eigenvalue weighted by atomic mass is 16.5. The lowest BCUT2D eigenvalue weighted by atomic mass is 10.1. The van der Waals surface area contributed by atoms with E-state index in [1.807, 2.05) is 53.2 Å². The summed E-state index contributed by atoms with van der Waals surface area (Å²) >= 11 is 0. The van der Waals surface area contributed by atoms with E-state index < -0.39 is 18.0 Å². The fourth-order valence-electron chi connectivity index (χ4n) is 3.86. The molecule has 240 valence electrons. The number of carboxylic acid groups (broad SMARTS) is 1. The molecular weight excluding hydrogens is 604 g/mol. The number of pyridine rings is 4. The summed E-state index contributed by atoms with van der Waals surface area (Å²) in [4.78, 5) is 50.3. The van der Waals surface area contributed by atoms with E-state index in [2.05, 4.69) is 26.0 Å². The summed E-state index contributed by atoms with van der Waals surface area (Å²) in [6.07, 6.45) is 9.79. The number of aromatic carboxylic acids is 1. The van der Waals surface area contributed by atoms with Crippen molar-refractivity contribution in [2.24, 2.45) is 0 Å². The number of nitrogens with zero attached hydrogens (tertiary/aromatic N) is 4. The van der Waals surface area contributed by atoms with Gasteiger partial charge in [0.05, 0.1) is 36.6 Å². The molecule has 0 fully saturated rings. The minimum absolute atomic E-state index is 0.0220. The van der Waals surface area contributed by atoms with Gasteiger partial charge in [0, 0.05) is 48.2 Å². The van der Waals surface area contributed by atoms with Crippen LogP contribution in [0.3, 0.4) is 0 Å². The zero-order valence-corrected chi connectivity index (χ0v) is 25.5. The van der Waals surface area contributed by atoms with Crippen molar-refractivity contribution >= 4 is 35.2 Å². The largest absolute Gasteiger partial charge is 0.478 e. The average Bonchev–Trinajstić information content (AvgIpc) is 3.77. The number of aliphatic hydroxyl groups is 1. The van der Waals surface area contributed by atoms with Gasteiger partial charge in [0.1, 0.15) is 11.8 Å². The molecule has 0 aliphatic rings. The summed E-state index contributed by atoms with van der Waals surface area (Å²) in [5, 5.41) is 18.3. The number of aliphatic hydroxyl groups excluding tert-OH is 1. The Morgan fingerprint density at radius 1 is 0.787 bits per heavy atom. The van der Waals surface area contributed by atoms with Gasteiger partial charge in [0.25, 0.3) is 0 Å². The van der Waals surface area contributed by atoms with Crippen LogP contribution in [0.15, 0.2) is 134 Å². The van der Waals surface area contributed by atoms with Crippen LogP contribution in [-0.2, 0) is 14.3 Å². The van der Waals surface area contributed by atoms with E-state index in [1.165, 1.54) is 20.4 Å². The van der Waals surface area contributed by atoms with Crippen molar-refractivity contribution < 1.29 is 38.9 Å². The van der Waals surface area contributed by atoms with Crippen molar-refractivity contribution in [1.82, 2.24) is 18.8 Å². The third kappa shape index (κ3) is 10.3. The van der Waals surface area contributed by atoms with Gasteiger partial charge in [-0.3, -0.25) is 14.8 Å². The maximum absolute atomic E-state index is 11.1. The number of ether oxygens (including phenoxy) is 2. The van der Waals surface area contributed by atoms with Crippen molar-refractivity contribution in [1.29, 1.82) is 0 Å². The monoisotopic (exact) mass is 636 g/mol. The number of aromatic nitrogens is 4. The first-order valence-electron chi connectivity index (χ1n) is 13.9. The van der Waals surface area contributed by atoms with E-state index in [4.69, 9.17) is 5.11 Å². The van der Waals surface area contributed by atoms with Crippen LogP contribution < -0.4 is 0 Å². The smallest absolute Gasteiger partial charge is 0.339 e. The Morgan fingerprint density at radius 2 is 1.34 bits per heavy atom. The average molecular weight is 637 g/mol. The third-order valence-electron chi connectivity index (χ3n) is 6.23. The predicted molar refractivity (Wildman–Crippen MR) is 173 cm³/mol. The van der Waals surface area contributed by atoms with Crippen LogP contribution in [0.25, 0.3) is 11.0 Å². The van der Waals surface area contributed by atoms with Gasteiger partial charge in [-0.25, -0.2) is 14.4 Å². The fourth-order valence-corrected chi connectivity index (χ4v) is 3.86. The predicted octanol–water partition coefficient (Wildman–Crippen LogP) is 5.10. The Labute approximate surface area is 269 Å². The number of fused-ring (bicyclic) bond motifs is 2. The SMILES string of the molecule is C=C(C(=O)OC)C(O)c1ccccn1.COC(=O)c1cc2ccccn2c1.O=C(O)c1cc2ccccn2c1.O=Cc1ccccn1. The van der Waals surface area contributed by atoms with Crippen LogP contribution in [-0.4, -0.2) is 67.4 Å². The molecule has 0 amide bonds. The molecule has 2 N–H and O–H groups in total. The minimum atomic E-state index is -1.11. The Bertz CT molecular complexity index is 1870. The second kappa shape index (κ2) is 17.8. The summed E-state index contributed by atoms with van der Waals surface area (Å²) in [6, 6.07) is 25.1. The van der Waals surface area contributed by atoms with Gasteiger partial charge in [-0.1, -0.05) is 30.8 Å². The zero-order chi connectivity index (χ0) is 34.2. The molecule has 0 aliphatic heterocycles. The fraction of sp³-hybridized carbons (Fsp3) is 0.0857. The summed E-state index contributed by atoms with van der Waals surface area (Å²) in [5.41, 5.74) is 3.62. The molecule has 0 saturated heterocycles. The van der Waals surface area contributed by atoms with Crippen molar-refractivity contribution in [3.8, 4) is 0 Å².